The van der Waals surface area contributed by atoms with Gasteiger partial charge in [0.25, 0.3) is 0 Å². The van der Waals surface area contributed by atoms with Gasteiger partial charge in [0.05, 0.1) is 27.8 Å². The van der Waals surface area contributed by atoms with Gasteiger partial charge in [0.1, 0.15) is 11.2 Å². The number of rotatable bonds is 5. The highest BCUT2D eigenvalue weighted by Crippen LogP contribution is 2.45. The van der Waals surface area contributed by atoms with E-state index in [2.05, 4.69) is 246 Å². The van der Waals surface area contributed by atoms with Crippen LogP contribution >= 0.6 is 11.3 Å². The van der Waals surface area contributed by atoms with Crippen LogP contribution in [0.25, 0.3) is 152 Å². The molecule has 0 aliphatic heterocycles. The van der Waals surface area contributed by atoms with Crippen molar-refractivity contribution >= 4 is 119 Å². The lowest BCUT2D eigenvalue weighted by atomic mass is 9.98. The first-order valence-corrected chi connectivity index (χ1v) is 25.5. The van der Waals surface area contributed by atoms with E-state index in [1.165, 1.54) is 102 Å². The van der Waals surface area contributed by atoms with Gasteiger partial charge < -0.3 is 13.6 Å². The van der Waals surface area contributed by atoms with Crippen LogP contribution in [0.2, 0.25) is 0 Å². The van der Waals surface area contributed by atoms with Crippen molar-refractivity contribution in [2.75, 3.05) is 0 Å². The van der Waals surface area contributed by atoms with Crippen molar-refractivity contribution in [2.45, 2.75) is 0 Å². The highest BCUT2D eigenvalue weighted by molar-refractivity contribution is 7.26. The molecule has 4 aromatic heterocycles. The molecule has 0 spiro atoms. The summed E-state index contributed by atoms with van der Waals surface area (Å²) in [5, 5.41) is 14.7. The molecule has 0 saturated carbocycles. The second kappa shape index (κ2) is 15.1. The van der Waals surface area contributed by atoms with Gasteiger partial charge in [-0.3, -0.25) is 0 Å². The highest BCUT2D eigenvalue weighted by atomic mass is 32.1. The van der Waals surface area contributed by atoms with Gasteiger partial charge in [-0.2, -0.15) is 0 Å². The number of para-hydroxylation sites is 2. The van der Waals surface area contributed by atoms with Crippen molar-refractivity contribution in [3.05, 3.63) is 243 Å². The first kappa shape index (κ1) is 39.6. The third kappa shape index (κ3) is 5.73. The molecule has 0 amide bonds. The van der Waals surface area contributed by atoms with E-state index >= 15 is 0 Å². The van der Waals surface area contributed by atoms with Crippen LogP contribution in [0.1, 0.15) is 0 Å². The SMILES string of the molecule is c1ccc2c(-n3c4ccc(-c5ccc6c(c5)c5cc(-c7cccc8c7oc7ccccc78)ccc5n6-c5ccc(-c6cccc7c6sc6ccccc67)cc5)cc4c4c5ccccc5ccc43)cccc2c1. The van der Waals surface area contributed by atoms with Gasteiger partial charge in [0.15, 0.2) is 0 Å². The Morgan fingerprint density at radius 1 is 0.319 bits per heavy atom. The summed E-state index contributed by atoms with van der Waals surface area (Å²) in [7, 11) is 0. The van der Waals surface area contributed by atoms with E-state index in [-0.39, 0.29) is 0 Å². The van der Waals surface area contributed by atoms with Gasteiger partial charge in [-0.25, -0.2) is 0 Å². The van der Waals surface area contributed by atoms with E-state index in [1.807, 2.05) is 17.4 Å². The van der Waals surface area contributed by atoms with E-state index in [9.17, 15) is 0 Å². The quantitative estimate of drug-likeness (QED) is 0.169. The molecule has 0 N–H and O–H groups in total. The van der Waals surface area contributed by atoms with Crippen LogP contribution in [0.4, 0.5) is 0 Å². The fourth-order valence-electron chi connectivity index (χ4n) is 12.0. The Bertz CT molecular complexity index is 4920. The summed E-state index contributed by atoms with van der Waals surface area (Å²) in [6.45, 7) is 0. The lowest BCUT2D eigenvalue weighted by Crippen LogP contribution is -1.95. The average Bonchev–Trinajstić information content (AvgIpc) is 4.20. The van der Waals surface area contributed by atoms with Crippen LogP contribution in [-0.2, 0) is 0 Å². The lowest BCUT2D eigenvalue weighted by molar-refractivity contribution is 0.670. The van der Waals surface area contributed by atoms with E-state index in [0.717, 1.165) is 49.8 Å². The fourth-order valence-corrected chi connectivity index (χ4v) is 13.3. The number of hydrogen-bond acceptors (Lipinski definition) is 2. The summed E-state index contributed by atoms with van der Waals surface area (Å²) >= 11 is 1.88. The maximum atomic E-state index is 6.62. The number of aromatic nitrogens is 2. The molecule has 4 heteroatoms. The molecule has 0 radical (unpaired) electrons. The Morgan fingerprint density at radius 3 is 1.68 bits per heavy atom. The summed E-state index contributed by atoms with van der Waals surface area (Å²) in [6.07, 6.45) is 0. The maximum absolute atomic E-state index is 6.62. The second-order valence-electron chi connectivity index (χ2n) is 19.2. The molecule has 0 unspecified atom stereocenters. The van der Waals surface area contributed by atoms with E-state index in [4.69, 9.17) is 4.42 Å². The number of hydrogen-bond donors (Lipinski definition) is 0. The Morgan fingerprint density at radius 2 is 0.875 bits per heavy atom. The predicted octanol–water partition coefficient (Wildman–Crippen LogP) is 19.5. The molecule has 72 heavy (non-hydrogen) atoms. The zero-order valence-electron chi connectivity index (χ0n) is 38.8. The molecule has 16 rings (SSSR count). The minimum Gasteiger partial charge on any atom is -0.455 e. The zero-order chi connectivity index (χ0) is 47.0. The molecule has 0 aliphatic carbocycles. The predicted molar refractivity (Wildman–Crippen MR) is 307 cm³/mol. The largest absolute Gasteiger partial charge is 0.455 e. The Kier molecular flexibility index (Phi) is 8.33. The number of benzene rings is 12. The van der Waals surface area contributed by atoms with Crippen molar-refractivity contribution in [2.24, 2.45) is 0 Å². The topological polar surface area (TPSA) is 23.0 Å². The van der Waals surface area contributed by atoms with Gasteiger partial charge in [0, 0.05) is 69.1 Å². The van der Waals surface area contributed by atoms with Gasteiger partial charge in [0.2, 0.25) is 0 Å². The molecule has 12 aromatic carbocycles. The number of thiophene rings is 1. The number of fused-ring (bicyclic) bond motifs is 15. The molecule has 3 nitrogen and oxygen atoms in total. The number of nitrogens with zero attached hydrogens (tertiary/aromatic N) is 2. The molecule has 16 aromatic rings. The normalized spacial score (nSPS) is 12.2. The minimum absolute atomic E-state index is 0.902. The van der Waals surface area contributed by atoms with Gasteiger partial charge >= 0.3 is 0 Å². The van der Waals surface area contributed by atoms with Crippen molar-refractivity contribution < 1.29 is 4.42 Å². The van der Waals surface area contributed by atoms with E-state index in [0.29, 0.717) is 0 Å². The number of furan rings is 1. The van der Waals surface area contributed by atoms with Crippen LogP contribution in [0.15, 0.2) is 247 Å². The fraction of sp³-hybridized carbons (Fsp3) is 0. The van der Waals surface area contributed by atoms with Crippen LogP contribution < -0.4 is 0 Å². The van der Waals surface area contributed by atoms with Gasteiger partial charge in [-0.15, -0.1) is 11.3 Å². The molecule has 0 fully saturated rings. The van der Waals surface area contributed by atoms with Crippen LogP contribution in [0, 0.1) is 0 Å². The Labute approximate surface area is 417 Å². The molecular weight excluding hydrogens is 893 g/mol. The molecule has 0 saturated heterocycles. The molecule has 0 bridgehead atoms. The van der Waals surface area contributed by atoms with Crippen LogP contribution in [-0.4, -0.2) is 9.13 Å². The Balaban J connectivity index is 0.905. The summed E-state index contributed by atoms with van der Waals surface area (Å²) in [5.41, 5.74) is 15.9. The van der Waals surface area contributed by atoms with Crippen molar-refractivity contribution in [3.63, 3.8) is 0 Å². The maximum Gasteiger partial charge on any atom is 0.143 e. The van der Waals surface area contributed by atoms with E-state index < -0.39 is 0 Å². The second-order valence-corrected chi connectivity index (χ2v) is 20.2. The molecule has 334 valence electrons. The summed E-state index contributed by atoms with van der Waals surface area (Å²) in [4.78, 5) is 0. The van der Waals surface area contributed by atoms with Crippen LogP contribution in [0.3, 0.4) is 0 Å². The van der Waals surface area contributed by atoms with Crippen molar-refractivity contribution in [1.82, 2.24) is 9.13 Å². The minimum atomic E-state index is 0.902. The Hall–Kier alpha value is -9.22. The highest BCUT2D eigenvalue weighted by Gasteiger charge is 2.21. The molecular formula is C68H40N2OS. The first-order chi connectivity index (χ1) is 35.7. The third-order valence-corrected chi connectivity index (χ3v) is 16.5. The average molecular weight is 933 g/mol. The van der Waals surface area contributed by atoms with Crippen LogP contribution in [0.5, 0.6) is 0 Å². The van der Waals surface area contributed by atoms with Crippen molar-refractivity contribution in [1.29, 1.82) is 0 Å². The molecule has 4 heterocycles. The monoisotopic (exact) mass is 932 g/mol. The van der Waals surface area contributed by atoms with Gasteiger partial charge in [-0.05, 0) is 117 Å². The zero-order valence-corrected chi connectivity index (χ0v) is 39.6. The summed E-state index contributed by atoms with van der Waals surface area (Å²) < 4.78 is 14.2. The summed E-state index contributed by atoms with van der Waals surface area (Å²) in [6, 6.07) is 89.3. The standard InChI is InChI=1S/C68H40N2OS/c1-3-15-48-41(12-1)14-9-23-59(48)70-62-35-30-45(39-58(62)66-49-16-4-2-13-42(49)28-37-63(66)70)44-29-34-60-56(38-44)57-40-46(50-19-10-21-54-52-17-5-7-24-64(52)71-67(50)54)31-36-61(57)69(60)47-32-26-43(27-33-47)51-20-11-22-55-53-18-6-8-25-65(53)72-68(51)55/h1-40H. The molecule has 0 atom stereocenters. The smallest absolute Gasteiger partial charge is 0.143 e. The summed E-state index contributed by atoms with van der Waals surface area (Å²) in [5.74, 6) is 0. The van der Waals surface area contributed by atoms with E-state index in [1.54, 1.807) is 0 Å². The van der Waals surface area contributed by atoms with Gasteiger partial charge in [-0.1, -0.05) is 170 Å². The third-order valence-electron chi connectivity index (χ3n) is 15.3. The first-order valence-electron chi connectivity index (χ1n) is 24.6. The van der Waals surface area contributed by atoms with Crippen molar-refractivity contribution in [3.8, 4) is 44.8 Å². The lowest BCUT2D eigenvalue weighted by Gasteiger charge is -2.12. The molecule has 0 aliphatic rings.